The maximum Gasteiger partial charge on any atom is 0.0902 e. The molecule has 0 radical (unpaired) electrons. The Morgan fingerprint density at radius 3 is 2.93 bits per heavy atom. The van der Waals surface area contributed by atoms with Gasteiger partial charge in [-0.3, -0.25) is 10.4 Å². The van der Waals surface area contributed by atoms with E-state index in [1.807, 2.05) is 30.5 Å². The molecule has 0 fully saturated rings. The van der Waals surface area contributed by atoms with Crippen LogP contribution in [-0.2, 0) is 0 Å². The molecule has 0 unspecified atom stereocenters. The van der Waals surface area contributed by atoms with Gasteiger partial charge < -0.3 is 0 Å². The molecule has 72 valence electrons. The van der Waals surface area contributed by atoms with Crippen LogP contribution in [-0.4, -0.2) is 12.4 Å². The Labute approximate surface area is 86.9 Å². The SMILES string of the molecule is C1=NNC2=c3ccccc3=CC=NC2=C1. The lowest BCUT2D eigenvalue weighted by atomic mass is 10.1. The lowest BCUT2D eigenvalue weighted by Crippen LogP contribution is -2.30. The summed E-state index contributed by atoms with van der Waals surface area (Å²) < 4.78 is 0. The summed E-state index contributed by atoms with van der Waals surface area (Å²) in [6, 6.07) is 8.17. The molecule has 1 aromatic carbocycles. The molecule has 0 saturated heterocycles. The Morgan fingerprint density at radius 1 is 1.00 bits per heavy atom. The highest BCUT2D eigenvalue weighted by atomic mass is 15.3. The fourth-order valence-electron chi connectivity index (χ4n) is 1.72. The average molecular weight is 195 g/mol. The highest BCUT2D eigenvalue weighted by Gasteiger charge is 2.08. The number of hydrazone groups is 1. The molecule has 3 heteroatoms. The van der Waals surface area contributed by atoms with Crippen molar-refractivity contribution in [3.63, 3.8) is 0 Å². The normalized spacial score (nSPS) is 16.8. The number of hydrogen-bond donors (Lipinski definition) is 1. The fourth-order valence-corrected chi connectivity index (χ4v) is 1.72. The molecule has 3 nitrogen and oxygen atoms in total. The number of nitrogens with zero attached hydrogens (tertiary/aromatic N) is 2. The molecule has 0 aromatic heterocycles. The second kappa shape index (κ2) is 3.20. The average Bonchev–Trinajstić information content (AvgIpc) is 2.48. The van der Waals surface area contributed by atoms with E-state index in [4.69, 9.17) is 0 Å². The second-order valence-electron chi connectivity index (χ2n) is 3.35. The van der Waals surface area contributed by atoms with E-state index >= 15 is 0 Å². The van der Waals surface area contributed by atoms with Crippen molar-refractivity contribution in [2.24, 2.45) is 10.1 Å². The van der Waals surface area contributed by atoms with Crippen LogP contribution in [0.15, 0.2) is 46.1 Å². The highest BCUT2D eigenvalue weighted by Crippen LogP contribution is 2.10. The Hall–Kier alpha value is -2.16. The Kier molecular flexibility index (Phi) is 1.75. The van der Waals surface area contributed by atoms with Crippen molar-refractivity contribution in [2.45, 2.75) is 0 Å². The second-order valence-corrected chi connectivity index (χ2v) is 3.35. The summed E-state index contributed by atoms with van der Waals surface area (Å²) in [4.78, 5) is 4.35. The summed E-state index contributed by atoms with van der Waals surface area (Å²) in [5.41, 5.74) is 4.89. The molecule has 2 heterocycles. The molecule has 0 amide bonds. The molecule has 0 aliphatic carbocycles. The van der Waals surface area contributed by atoms with Gasteiger partial charge in [0, 0.05) is 17.6 Å². The molecule has 0 atom stereocenters. The highest BCUT2D eigenvalue weighted by molar-refractivity contribution is 5.95. The van der Waals surface area contributed by atoms with Gasteiger partial charge in [-0.15, -0.1) is 0 Å². The zero-order chi connectivity index (χ0) is 10.1. The molecule has 2 aliphatic rings. The molecule has 15 heavy (non-hydrogen) atoms. The zero-order valence-electron chi connectivity index (χ0n) is 8.01. The van der Waals surface area contributed by atoms with Crippen LogP contribution >= 0.6 is 0 Å². The van der Waals surface area contributed by atoms with E-state index in [1.165, 1.54) is 0 Å². The van der Waals surface area contributed by atoms with Crippen LogP contribution in [0.5, 0.6) is 0 Å². The van der Waals surface area contributed by atoms with Crippen LogP contribution in [0.3, 0.4) is 0 Å². The smallest absolute Gasteiger partial charge is 0.0902 e. The lowest BCUT2D eigenvalue weighted by Gasteiger charge is -2.09. The summed E-state index contributed by atoms with van der Waals surface area (Å²) in [7, 11) is 0. The van der Waals surface area contributed by atoms with E-state index in [2.05, 4.69) is 27.7 Å². The minimum absolute atomic E-state index is 0.922. The minimum Gasteiger partial charge on any atom is -0.276 e. The van der Waals surface area contributed by atoms with Crippen molar-refractivity contribution in [3.8, 4) is 0 Å². The third-order valence-electron chi connectivity index (χ3n) is 2.44. The summed E-state index contributed by atoms with van der Waals surface area (Å²) >= 11 is 0. The Morgan fingerprint density at radius 2 is 1.93 bits per heavy atom. The van der Waals surface area contributed by atoms with Gasteiger partial charge in [0.25, 0.3) is 0 Å². The van der Waals surface area contributed by atoms with E-state index in [-0.39, 0.29) is 0 Å². The third kappa shape index (κ3) is 1.29. The van der Waals surface area contributed by atoms with Crippen molar-refractivity contribution in [2.75, 3.05) is 0 Å². The molecule has 0 saturated carbocycles. The number of hydrogen-bond acceptors (Lipinski definition) is 3. The predicted molar refractivity (Wildman–Crippen MR) is 61.8 cm³/mol. The van der Waals surface area contributed by atoms with E-state index in [9.17, 15) is 0 Å². The van der Waals surface area contributed by atoms with Crippen LogP contribution in [0, 0.1) is 0 Å². The largest absolute Gasteiger partial charge is 0.276 e. The first-order valence-corrected chi connectivity index (χ1v) is 4.78. The molecule has 0 bridgehead atoms. The molecule has 1 N–H and O–H groups in total. The van der Waals surface area contributed by atoms with Gasteiger partial charge in [0.2, 0.25) is 0 Å². The van der Waals surface area contributed by atoms with E-state index in [0.29, 0.717) is 0 Å². The van der Waals surface area contributed by atoms with E-state index < -0.39 is 0 Å². The van der Waals surface area contributed by atoms with Crippen LogP contribution in [0.1, 0.15) is 0 Å². The molecule has 3 rings (SSSR count). The van der Waals surface area contributed by atoms with Crippen LogP contribution < -0.4 is 15.9 Å². The van der Waals surface area contributed by atoms with Crippen LogP contribution in [0.2, 0.25) is 0 Å². The van der Waals surface area contributed by atoms with Gasteiger partial charge in [-0.1, -0.05) is 24.3 Å². The Balaban J connectivity index is 2.45. The topological polar surface area (TPSA) is 36.8 Å². The number of rotatable bonds is 0. The van der Waals surface area contributed by atoms with Crippen molar-refractivity contribution in [1.29, 1.82) is 0 Å². The van der Waals surface area contributed by atoms with Gasteiger partial charge in [-0.25, -0.2) is 0 Å². The van der Waals surface area contributed by atoms with Gasteiger partial charge in [0.05, 0.1) is 11.4 Å². The summed E-state index contributed by atoms with van der Waals surface area (Å²) in [6.07, 6.45) is 7.43. The first kappa shape index (κ1) is 8.17. The summed E-state index contributed by atoms with van der Waals surface area (Å²) in [5, 5.41) is 6.32. The van der Waals surface area contributed by atoms with E-state index in [0.717, 1.165) is 21.8 Å². The first-order chi connectivity index (χ1) is 7.45. The molecular weight excluding hydrogens is 186 g/mol. The predicted octanol–water partition coefficient (Wildman–Crippen LogP) is 0.133. The van der Waals surface area contributed by atoms with Crippen molar-refractivity contribution >= 4 is 24.2 Å². The first-order valence-electron chi connectivity index (χ1n) is 4.78. The van der Waals surface area contributed by atoms with Gasteiger partial charge in [0.15, 0.2) is 0 Å². The van der Waals surface area contributed by atoms with Gasteiger partial charge in [0.1, 0.15) is 0 Å². The minimum atomic E-state index is 0.922. The quantitative estimate of drug-likeness (QED) is 0.628. The third-order valence-corrected chi connectivity index (χ3v) is 2.44. The standard InChI is InChI=1S/C12H9N3/c1-2-4-10-9(3-1)5-7-13-11-6-8-14-15-12(10)11/h1-8,15H. The lowest BCUT2D eigenvalue weighted by molar-refractivity contribution is 0.970. The number of nitrogens with one attached hydrogen (secondary N) is 1. The van der Waals surface area contributed by atoms with Crippen molar-refractivity contribution in [3.05, 3.63) is 46.5 Å². The Bertz CT molecular complexity index is 606. The van der Waals surface area contributed by atoms with Gasteiger partial charge in [-0.2, -0.15) is 5.10 Å². The van der Waals surface area contributed by atoms with E-state index in [1.54, 1.807) is 6.21 Å². The fraction of sp³-hybridized carbons (Fsp3) is 0. The summed E-state index contributed by atoms with van der Waals surface area (Å²) in [6.45, 7) is 0. The maximum absolute atomic E-state index is 4.35. The molecular formula is C12H9N3. The molecule has 2 aliphatic heterocycles. The molecule has 1 aromatic rings. The van der Waals surface area contributed by atoms with Crippen LogP contribution in [0.25, 0.3) is 11.8 Å². The van der Waals surface area contributed by atoms with Crippen molar-refractivity contribution < 1.29 is 0 Å². The zero-order valence-corrected chi connectivity index (χ0v) is 8.01. The molecule has 0 spiro atoms. The number of fused-ring (bicyclic) bond motifs is 2. The summed E-state index contributed by atoms with van der Waals surface area (Å²) in [5.74, 6) is 0. The maximum atomic E-state index is 4.35. The number of allylic oxidation sites excluding steroid dienone is 1. The van der Waals surface area contributed by atoms with Crippen molar-refractivity contribution in [1.82, 2.24) is 5.43 Å². The van der Waals surface area contributed by atoms with Crippen LogP contribution in [0.4, 0.5) is 0 Å². The monoisotopic (exact) mass is 195 g/mol. The number of benzene rings is 1. The van der Waals surface area contributed by atoms with Gasteiger partial charge >= 0.3 is 0 Å². The van der Waals surface area contributed by atoms with Gasteiger partial charge in [-0.05, 0) is 17.4 Å². The number of aliphatic imine (C=N–C) groups is 1.